The van der Waals surface area contributed by atoms with Gasteiger partial charge in [0.1, 0.15) is 24.0 Å². The lowest BCUT2D eigenvalue weighted by atomic mass is 9.70. The number of hydrogen-bond donors (Lipinski definition) is 0. The summed E-state index contributed by atoms with van der Waals surface area (Å²) < 4.78 is 24.4. The van der Waals surface area contributed by atoms with Crippen molar-refractivity contribution in [1.29, 1.82) is 0 Å². The molecule has 216 valence electrons. The average Bonchev–Trinajstić information content (AvgIpc) is 3.38. The van der Waals surface area contributed by atoms with Crippen molar-refractivity contribution in [2.24, 2.45) is 18.9 Å². The van der Waals surface area contributed by atoms with Crippen molar-refractivity contribution in [3.8, 4) is 22.4 Å². The van der Waals surface area contributed by atoms with Gasteiger partial charge in [-0.1, -0.05) is 68.5 Å². The van der Waals surface area contributed by atoms with E-state index in [-0.39, 0.29) is 5.82 Å². The molecule has 0 spiro atoms. The Labute approximate surface area is 249 Å². The number of rotatable bonds is 4. The molecule has 0 saturated heterocycles. The summed E-state index contributed by atoms with van der Waals surface area (Å²) in [5, 5.41) is 1.98. The molecule has 5 aromatic rings. The van der Waals surface area contributed by atoms with Crippen molar-refractivity contribution < 1.29 is 13.4 Å². The van der Waals surface area contributed by atoms with Crippen LogP contribution in [0, 0.1) is 38.4 Å². The number of fused-ring (bicyclic) bond motifs is 3. The quantitative estimate of drug-likeness (QED) is 0.200. The van der Waals surface area contributed by atoms with Gasteiger partial charge in [-0.15, -0.1) is 0 Å². The van der Waals surface area contributed by atoms with E-state index in [1.165, 1.54) is 74.5 Å². The highest BCUT2D eigenvalue weighted by Crippen LogP contribution is 2.45. The van der Waals surface area contributed by atoms with Gasteiger partial charge in [-0.3, -0.25) is 0 Å². The van der Waals surface area contributed by atoms with Gasteiger partial charge in [-0.2, -0.15) is 0 Å². The number of nitrogens with zero attached hydrogens (tertiary/aromatic N) is 1. The lowest BCUT2D eigenvalue weighted by Crippen LogP contribution is -2.31. The Hall–Kier alpha value is -3.46. The van der Waals surface area contributed by atoms with E-state index in [9.17, 15) is 0 Å². The standard InChI is InChI=1S/C39H43FNO/c1-24-10-19-32-33-20-21-34(40)37(39(33)42-38(32)36(24)35-22-25(2)26(3)23-41(35)4)31-17-15-30(16-18-31)29-13-11-28(12-14-29)27-8-6-5-7-9-27/h10,15-23,27-29H,5-9,11-14H2,1-4H3/q+1. The molecule has 3 aromatic carbocycles. The predicted molar refractivity (Wildman–Crippen MR) is 171 cm³/mol. The number of hydrogen-bond acceptors (Lipinski definition) is 1. The molecule has 2 nitrogen and oxygen atoms in total. The highest BCUT2D eigenvalue weighted by Gasteiger charge is 2.29. The zero-order valence-electron chi connectivity index (χ0n) is 25.6. The molecule has 0 unspecified atom stereocenters. The SMILES string of the molecule is Cc1cc(-c2c(C)ccc3c2oc2c(-c4ccc(C5CCC(C6CCCCC6)CC5)cc4)c(F)ccc23)[n+](C)cc1C. The van der Waals surface area contributed by atoms with Crippen molar-refractivity contribution in [3.05, 3.63) is 88.9 Å². The van der Waals surface area contributed by atoms with Crippen molar-refractivity contribution >= 4 is 21.9 Å². The number of benzene rings is 3. The third-order valence-electron chi connectivity index (χ3n) is 10.7. The number of pyridine rings is 1. The minimum atomic E-state index is -0.239. The summed E-state index contributed by atoms with van der Waals surface area (Å²) in [4.78, 5) is 0. The van der Waals surface area contributed by atoms with Crippen LogP contribution < -0.4 is 4.57 Å². The monoisotopic (exact) mass is 560 g/mol. The summed E-state index contributed by atoms with van der Waals surface area (Å²) in [7, 11) is 2.08. The van der Waals surface area contributed by atoms with E-state index in [1.54, 1.807) is 6.07 Å². The molecule has 2 aliphatic rings. The van der Waals surface area contributed by atoms with Crippen molar-refractivity contribution in [3.63, 3.8) is 0 Å². The van der Waals surface area contributed by atoms with E-state index in [2.05, 4.69) is 81.0 Å². The van der Waals surface area contributed by atoms with Gasteiger partial charge in [-0.05, 0) is 98.6 Å². The second kappa shape index (κ2) is 11.0. The van der Waals surface area contributed by atoms with Crippen LogP contribution in [0.25, 0.3) is 44.3 Å². The van der Waals surface area contributed by atoms with Gasteiger partial charge in [-0.25, -0.2) is 8.96 Å². The summed E-state index contributed by atoms with van der Waals surface area (Å²) in [6.07, 6.45) is 14.7. The third-order valence-corrected chi connectivity index (χ3v) is 10.7. The fourth-order valence-electron chi connectivity index (χ4n) is 8.15. The van der Waals surface area contributed by atoms with E-state index in [0.29, 0.717) is 17.1 Å². The summed E-state index contributed by atoms with van der Waals surface area (Å²) in [5.74, 6) is 2.28. The van der Waals surface area contributed by atoms with Crippen LogP contribution in [-0.4, -0.2) is 0 Å². The van der Waals surface area contributed by atoms with Gasteiger partial charge < -0.3 is 4.42 Å². The molecule has 0 bridgehead atoms. The lowest BCUT2D eigenvalue weighted by molar-refractivity contribution is -0.660. The van der Waals surface area contributed by atoms with Gasteiger partial charge in [0.15, 0.2) is 6.20 Å². The van der Waals surface area contributed by atoms with Crippen molar-refractivity contribution in [2.75, 3.05) is 0 Å². The van der Waals surface area contributed by atoms with Crippen LogP contribution in [0.5, 0.6) is 0 Å². The van der Waals surface area contributed by atoms with E-state index in [4.69, 9.17) is 4.42 Å². The van der Waals surface area contributed by atoms with Crippen LogP contribution in [0.15, 0.2) is 65.2 Å². The molecule has 3 heteroatoms. The molecule has 7 rings (SSSR count). The Morgan fingerprint density at radius 3 is 2.02 bits per heavy atom. The molecular weight excluding hydrogens is 517 g/mol. The number of furan rings is 1. The molecule has 2 aromatic heterocycles. The van der Waals surface area contributed by atoms with Crippen molar-refractivity contribution in [2.45, 2.75) is 84.5 Å². The molecule has 42 heavy (non-hydrogen) atoms. The molecule has 0 atom stereocenters. The van der Waals surface area contributed by atoms with Crippen LogP contribution in [-0.2, 0) is 7.05 Å². The molecule has 2 heterocycles. The largest absolute Gasteiger partial charge is 0.454 e. The maximum Gasteiger partial charge on any atom is 0.216 e. The minimum absolute atomic E-state index is 0.239. The highest BCUT2D eigenvalue weighted by atomic mass is 19.1. The van der Waals surface area contributed by atoms with Crippen molar-refractivity contribution in [1.82, 2.24) is 0 Å². The summed E-state index contributed by atoms with van der Waals surface area (Å²) in [5.41, 5.74) is 10.1. The number of halogens is 1. The normalized spacial score (nSPS) is 20.0. The van der Waals surface area contributed by atoms with Gasteiger partial charge in [0.05, 0.1) is 11.1 Å². The van der Waals surface area contributed by atoms with E-state index in [1.807, 2.05) is 6.07 Å². The van der Waals surface area contributed by atoms with E-state index in [0.717, 1.165) is 50.6 Å². The molecule has 2 fully saturated rings. The number of aryl methyl sites for hydroxylation is 4. The molecule has 2 saturated carbocycles. The highest BCUT2D eigenvalue weighted by molar-refractivity contribution is 6.13. The molecule has 0 radical (unpaired) electrons. The molecule has 0 N–H and O–H groups in total. The molecule has 2 aliphatic carbocycles. The summed E-state index contributed by atoms with van der Waals surface area (Å²) in [6, 6.07) is 18.7. The maximum absolute atomic E-state index is 15.6. The second-order valence-electron chi connectivity index (χ2n) is 13.3. The summed E-state index contributed by atoms with van der Waals surface area (Å²) >= 11 is 0. The van der Waals surface area contributed by atoms with Crippen LogP contribution in [0.3, 0.4) is 0 Å². The molecular formula is C39H43FNO+. The Morgan fingerprint density at radius 2 is 1.31 bits per heavy atom. The van der Waals surface area contributed by atoms with Crippen LogP contribution in [0.1, 0.15) is 86.0 Å². The van der Waals surface area contributed by atoms with Gasteiger partial charge in [0.25, 0.3) is 0 Å². The van der Waals surface area contributed by atoms with Crippen LogP contribution in [0.4, 0.5) is 4.39 Å². The molecule has 0 amide bonds. The minimum Gasteiger partial charge on any atom is -0.454 e. The first-order chi connectivity index (χ1) is 20.4. The van der Waals surface area contributed by atoms with E-state index >= 15 is 4.39 Å². The average molecular weight is 561 g/mol. The lowest BCUT2D eigenvalue weighted by Gasteiger charge is -2.36. The first-order valence-corrected chi connectivity index (χ1v) is 16.1. The topological polar surface area (TPSA) is 17.0 Å². The first kappa shape index (κ1) is 27.4. The van der Waals surface area contributed by atoms with Gasteiger partial charge in [0.2, 0.25) is 5.69 Å². The maximum atomic E-state index is 15.6. The fourth-order valence-corrected chi connectivity index (χ4v) is 8.15. The Balaban J connectivity index is 1.24. The Morgan fingerprint density at radius 1 is 0.667 bits per heavy atom. The molecule has 0 aliphatic heterocycles. The van der Waals surface area contributed by atoms with Gasteiger partial charge >= 0.3 is 0 Å². The Kier molecular flexibility index (Phi) is 7.16. The van der Waals surface area contributed by atoms with Crippen LogP contribution >= 0.6 is 0 Å². The third kappa shape index (κ3) is 4.75. The number of aromatic nitrogens is 1. The fraction of sp³-hybridized carbons (Fsp3) is 0.410. The van der Waals surface area contributed by atoms with Crippen LogP contribution in [0.2, 0.25) is 0 Å². The van der Waals surface area contributed by atoms with Gasteiger partial charge in [0, 0.05) is 22.4 Å². The first-order valence-electron chi connectivity index (χ1n) is 16.1. The summed E-state index contributed by atoms with van der Waals surface area (Å²) in [6.45, 7) is 6.41. The zero-order chi connectivity index (χ0) is 29.0. The van der Waals surface area contributed by atoms with E-state index < -0.39 is 0 Å². The predicted octanol–water partition coefficient (Wildman–Crippen LogP) is 10.7. The second-order valence-corrected chi connectivity index (χ2v) is 13.3. The Bertz CT molecular complexity index is 1770. The smallest absolute Gasteiger partial charge is 0.216 e. The zero-order valence-corrected chi connectivity index (χ0v) is 25.6.